The quantitative estimate of drug-likeness (QED) is 0.180. The summed E-state index contributed by atoms with van der Waals surface area (Å²) in [4.78, 5) is 17.1. The van der Waals surface area contributed by atoms with Gasteiger partial charge in [-0.25, -0.2) is 9.97 Å². The number of benzene rings is 3. The van der Waals surface area contributed by atoms with Crippen molar-refractivity contribution in [1.82, 2.24) is 30.6 Å². The molecule has 5 aliphatic rings. The summed E-state index contributed by atoms with van der Waals surface area (Å²) in [5.41, 5.74) is 7.83. The fourth-order valence-corrected chi connectivity index (χ4v) is 8.78. The highest BCUT2D eigenvalue weighted by Crippen LogP contribution is 2.72. The molecule has 6 heteroatoms. The second-order valence-corrected chi connectivity index (χ2v) is 14.2. The Morgan fingerprint density at radius 2 is 1.30 bits per heavy atom. The molecule has 4 N–H and O–H groups in total. The number of imidazole rings is 2. The molecular weight excluding hydrogens is 528 g/mol. The highest BCUT2D eigenvalue weighted by atomic mass is 15.2. The van der Waals surface area contributed by atoms with E-state index in [1.54, 1.807) is 0 Å². The maximum absolute atomic E-state index is 4.85. The molecule has 2 aliphatic heterocycles. The number of nitrogens with zero attached hydrogens (tertiary/aromatic N) is 2. The Balaban J connectivity index is 0.874. The number of hydrogen-bond donors (Lipinski definition) is 4. The molecule has 1 unspecified atom stereocenters. The molecule has 1 spiro atoms. The number of piperidine rings is 1. The van der Waals surface area contributed by atoms with Crippen molar-refractivity contribution in [3.8, 4) is 33.6 Å². The van der Waals surface area contributed by atoms with Gasteiger partial charge >= 0.3 is 0 Å². The van der Waals surface area contributed by atoms with Crippen LogP contribution in [0.4, 0.5) is 0 Å². The van der Waals surface area contributed by atoms with Crippen LogP contribution in [-0.2, 0) is 11.1 Å². The monoisotopic (exact) mass is 566 g/mol. The Kier molecular flexibility index (Phi) is 4.98. The van der Waals surface area contributed by atoms with Crippen LogP contribution in [-0.4, -0.2) is 33.0 Å². The van der Waals surface area contributed by atoms with Crippen molar-refractivity contribution in [3.05, 3.63) is 84.7 Å². The van der Waals surface area contributed by atoms with Crippen LogP contribution in [0.25, 0.3) is 44.4 Å². The van der Waals surface area contributed by atoms with E-state index < -0.39 is 0 Å². The first-order valence-corrected chi connectivity index (χ1v) is 16.4. The van der Waals surface area contributed by atoms with Crippen LogP contribution in [0.2, 0.25) is 0 Å². The maximum Gasteiger partial charge on any atom is 0.127 e. The number of nitrogens with one attached hydrogen (secondary N) is 4. The van der Waals surface area contributed by atoms with Gasteiger partial charge in [0.25, 0.3) is 0 Å². The van der Waals surface area contributed by atoms with Gasteiger partial charge in [0.15, 0.2) is 0 Å². The van der Waals surface area contributed by atoms with E-state index in [0.717, 1.165) is 48.0 Å². The van der Waals surface area contributed by atoms with E-state index in [1.165, 1.54) is 84.4 Å². The van der Waals surface area contributed by atoms with Crippen LogP contribution in [0, 0.1) is 17.3 Å². The Morgan fingerprint density at radius 3 is 2.05 bits per heavy atom. The molecule has 43 heavy (non-hydrogen) atoms. The zero-order chi connectivity index (χ0) is 28.2. The number of fused-ring (bicyclic) bond motifs is 4. The van der Waals surface area contributed by atoms with E-state index in [0.29, 0.717) is 5.41 Å². The summed E-state index contributed by atoms with van der Waals surface area (Å²) in [5.74, 6) is 3.76. The van der Waals surface area contributed by atoms with Crippen molar-refractivity contribution in [3.63, 3.8) is 0 Å². The smallest absolute Gasteiger partial charge is 0.127 e. The number of aromatic amines is 2. The summed E-state index contributed by atoms with van der Waals surface area (Å²) in [6.45, 7) is 2.26. The van der Waals surface area contributed by atoms with Gasteiger partial charge in [0.1, 0.15) is 11.6 Å². The van der Waals surface area contributed by atoms with Gasteiger partial charge in [0.2, 0.25) is 0 Å². The Labute approximate surface area is 252 Å². The lowest BCUT2D eigenvalue weighted by atomic mass is 9.98. The lowest BCUT2D eigenvalue weighted by molar-refractivity contribution is 0.398. The number of aromatic nitrogens is 4. The minimum Gasteiger partial charge on any atom is -0.340 e. The number of hydrogen-bond acceptors (Lipinski definition) is 4. The van der Waals surface area contributed by atoms with Gasteiger partial charge in [0, 0.05) is 12.1 Å². The number of H-pyrrole nitrogens is 2. The fraction of sp³-hybridized carbons (Fsp3) is 0.405. The molecule has 4 heterocycles. The van der Waals surface area contributed by atoms with E-state index >= 15 is 0 Å². The first-order valence-electron chi connectivity index (χ1n) is 16.4. The predicted octanol–water partition coefficient (Wildman–Crippen LogP) is 7.26. The molecule has 0 radical (unpaired) electrons. The van der Waals surface area contributed by atoms with E-state index in [2.05, 4.69) is 81.3 Å². The predicted molar refractivity (Wildman–Crippen MR) is 170 cm³/mol. The van der Waals surface area contributed by atoms with Crippen molar-refractivity contribution in [2.75, 3.05) is 13.1 Å². The van der Waals surface area contributed by atoms with Crippen LogP contribution < -0.4 is 10.6 Å². The molecule has 2 aromatic heterocycles. The van der Waals surface area contributed by atoms with Crippen LogP contribution in [0.3, 0.4) is 0 Å². The van der Waals surface area contributed by atoms with Gasteiger partial charge < -0.3 is 20.6 Å². The second-order valence-electron chi connectivity index (χ2n) is 14.2. The molecule has 0 amide bonds. The van der Waals surface area contributed by atoms with E-state index in [4.69, 9.17) is 9.97 Å². The fourth-order valence-electron chi connectivity index (χ4n) is 8.78. The lowest BCUT2D eigenvalue weighted by Gasteiger charge is -2.20. The van der Waals surface area contributed by atoms with Crippen molar-refractivity contribution >= 4 is 10.8 Å². The average Bonchev–Trinajstić information content (AvgIpc) is 3.95. The normalized spacial score (nSPS) is 30.0. The van der Waals surface area contributed by atoms with E-state index in [-0.39, 0.29) is 11.1 Å². The Bertz CT molecular complexity index is 1880. The van der Waals surface area contributed by atoms with Crippen molar-refractivity contribution < 1.29 is 0 Å². The van der Waals surface area contributed by atoms with Crippen LogP contribution >= 0.6 is 0 Å². The number of rotatable bonds is 5. The molecule has 0 bridgehead atoms. The SMILES string of the molecule is c1cc(-c2cnc([C@@]34C[C@@H]3CCCCCN4)[nH]2)ccc1-c1ccc2cc(-c3cnc(C45C[C@@H]4C4(CC4)CN5)[nH]3)ccc2c1. The third-order valence-corrected chi connectivity index (χ3v) is 11.8. The topological polar surface area (TPSA) is 81.4 Å². The average molecular weight is 567 g/mol. The van der Waals surface area contributed by atoms with Crippen molar-refractivity contribution in [2.24, 2.45) is 17.3 Å². The summed E-state index contributed by atoms with van der Waals surface area (Å²) in [7, 11) is 0. The second kappa shape index (κ2) is 8.67. The molecule has 6 nitrogen and oxygen atoms in total. The first kappa shape index (κ1) is 24.7. The van der Waals surface area contributed by atoms with Crippen molar-refractivity contribution in [1.29, 1.82) is 0 Å². The summed E-state index contributed by atoms with van der Waals surface area (Å²) in [6, 6.07) is 22.5. The minimum atomic E-state index is 0.0793. The Morgan fingerprint density at radius 1 is 0.628 bits per heavy atom. The van der Waals surface area contributed by atoms with Gasteiger partial charge in [-0.05, 0) is 102 Å². The van der Waals surface area contributed by atoms with Crippen LogP contribution in [0.5, 0.6) is 0 Å². The van der Waals surface area contributed by atoms with E-state index in [9.17, 15) is 0 Å². The Hall–Kier alpha value is -3.74. The summed E-state index contributed by atoms with van der Waals surface area (Å²) < 4.78 is 0. The molecule has 2 saturated heterocycles. The third-order valence-electron chi connectivity index (χ3n) is 11.8. The summed E-state index contributed by atoms with van der Waals surface area (Å²) >= 11 is 0. The molecule has 5 aromatic rings. The van der Waals surface area contributed by atoms with Gasteiger partial charge in [-0.1, -0.05) is 61.4 Å². The van der Waals surface area contributed by atoms with Crippen LogP contribution in [0.15, 0.2) is 73.1 Å². The van der Waals surface area contributed by atoms with Crippen LogP contribution in [0.1, 0.15) is 63.0 Å². The molecule has 3 aromatic carbocycles. The zero-order valence-electron chi connectivity index (χ0n) is 24.5. The van der Waals surface area contributed by atoms with Gasteiger partial charge in [-0.15, -0.1) is 0 Å². The van der Waals surface area contributed by atoms with Crippen molar-refractivity contribution in [2.45, 2.75) is 62.4 Å². The molecule has 5 fully saturated rings. The summed E-state index contributed by atoms with van der Waals surface area (Å²) in [6.07, 6.45) is 14.5. The largest absolute Gasteiger partial charge is 0.340 e. The van der Waals surface area contributed by atoms with E-state index in [1.807, 2.05) is 12.4 Å². The first-order chi connectivity index (χ1) is 21.1. The van der Waals surface area contributed by atoms with Gasteiger partial charge in [-0.3, -0.25) is 0 Å². The molecule has 10 rings (SSSR count). The summed E-state index contributed by atoms with van der Waals surface area (Å²) in [5, 5.41) is 10.2. The standard InChI is InChI=1S/C37H38N6/c1-2-4-29-18-36(29,40-15-3-1)33-38-20-30(42-33)24-7-5-23(6-8-24)25-9-10-27-17-28(12-11-26(27)16-25)31-21-39-34(43-31)37-19-32(37)35(13-14-35)22-41-37/h5-12,16-17,20-21,29,32,40-41H,1-4,13-15,18-19,22H2,(H,38,42)(H,39,43)/t29-,32+,36+,37?/m0/s1. The molecule has 4 atom stereocenters. The molecule has 3 aliphatic carbocycles. The molecule has 3 saturated carbocycles. The molecular formula is C37H38N6. The highest BCUT2D eigenvalue weighted by molar-refractivity contribution is 5.90. The maximum atomic E-state index is 4.85. The zero-order valence-corrected chi connectivity index (χ0v) is 24.5. The van der Waals surface area contributed by atoms with Gasteiger partial charge in [0.05, 0.1) is 34.9 Å². The highest BCUT2D eigenvalue weighted by Gasteiger charge is 2.74. The third kappa shape index (κ3) is 3.72. The lowest BCUT2D eigenvalue weighted by Crippen LogP contribution is -2.34. The molecule has 216 valence electrons. The minimum absolute atomic E-state index is 0.0793. The van der Waals surface area contributed by atoms with Gasteiger partial charge in [-0.2, -0.15) is 0 Å².